The molecule has 4 nitrogen and oxygen atoms in total. The van der Waals surface area contributed by atoms with Gasteiger partial charge in [-0.25, -0.2) is 4.98 Å². The van der Waals surface area contributed by atoms with Gasteiger partial charge >= 0.3 is 0 Å². The summed E-state index contributed by atoms with van der Waals surface area (Å²) in [4.78, 5) is 16.6. The zero-order chi connectivity index (χ0) is 16.1. The van der Waals surface area contributed by atoms with E-state index in [1.165, 1.54) is 11.8 Å². The molecule has 0 atom stereocenters. The minimum absolute atomic E-state index is 0.0355. The molecule has 1 N–H and O–H groups in total. The number of thioether (sulfide) groups is 1. The van der Waals surface area contributed by atoms with E-state index in [1.807, 2.05) is 35.8 Å². The Morgan fingerprint density at radius 2 is 2.00 bits per heavy atom. The van der Waals surface area contributed by atoms with Gasteiger partial charge in [-0.15, -0.1) is 0 Å². The summed E-state index contributed by atoms with van der Waals surface area (Å²) in [6.45, 7) is 6.99. The summed E-state index contributed by atoms with van der Waals surface area (Å²) in [5.41, 5.74) is 2.66. The average molecular weight is 318 g/mol. The largest absolute Gasteiger partial charge is 0.390 e. The molecule has 22 heavy (non-hydrogen) atoms. The van der Waals surface area contributed by atoms with Crippen LogP contribution >= 0.6 is 11.8 Å². The second kappa shape index (κ2) is 7.61. The van der Waals surface area contributed by atoms with Crippen LogP contribution in [0.25, 0.3) is 0 Å². The van der Waals surface area contributed by atoms with Gasteiger partial charge in [-0.2, -0.15) is 0 Å². The first-order chi connectivity index (χ1) is 10.5. The third-order valence-electron chi connectivity index (χ3n) is 3.32. The molecule has 1 aromatic heterocycles. The molecule has 2 rings (SSSR count). The molecule has 0 saturated carbocycles. The first kappa shape index (κ1) is 16.8. The van der Waals surface area contributed by atoms with Gasteiger partial charge in [0.25, 0.3) is 0 Å². The first-order valence-electron chi connectivity index (χ1n) is 7.39. The van der Waals surface area contributed by atoms with Crippen LogP contribution in [0.2, 0.25) is 0 Å². The Kier molecular flexibility index (Phi) is 5.80. The fraction of sp³-hybridized carbons (Fsp3) is 0.412. The van der Waals surface area contributed by atoms with Crippen LogP contribution in [0, 0.1) is 12.8 Å². The quantitative estimate of drug-likeness (QED) is 0.628. The average Bonchev–Trinajstić information content (AvgIpc) is 2.86. The third-order valence-corrected chi connectivity index (χ3v) is 4.31. The van der Waals surface area contributed by atoms with Crippen molar-refractivity contribution < 1.29 is 9.90 Å². The van der Waals surface area contributed by atoms with Gasteiger partial charge in [-0.3, -0.25) is 4.79 Å². The molecule has 0 fully saturated rings. The predicted molar refractivity (Wildman–Crippen MR) is 89.2 cm³/mol. The molecule has 0 radical (unpaired) electrons. The first-order valence-corrected chi connectivity index (χ1v) is 8.37. The highest BCUT2D eigenvalue weighted by Crippen LogP contribution is 2.21. The topological polar surface area (TPSA) is 55.1 Å². The molecule has 2 aromatic rings. The summed E-state index contributed by atoms with van der Waals surface area (Å²) in [5.74, 6) is 0.893. The predicted octanol–water partition coefficient (Wildman–Crippen LogP) is 3.31. The van der Waals surface area contributed by atoms with E-state index in [9.17, 15) is 9.90 Å². The molecule has 0 amide bonds. The van der Waals surface area contributed by atoms with Gasteiger partial charge < -0.3 is 9.67 Å². The van der Waals surface area contributed by atoms with Crippen LogP contribution in [0.1, 0.15) is 35.5 Å². The Hall–Kier alpha value is -1.59. The van der Waals surface area contributed by atoms with Crippen molar-refractivity contribution in [3.05, 3.63) is 47.3 Å². The number of rotatable bonds is 7. The van der Waals surface area contributed by atoms with Crippen molar-refractivity contribution in [3.63, 3.8) is 0 Å². The van der Waals surface area contributed by atoms with Crippen molar-refractivity contribution in [1.29, 1.82) is 0 Å². The lowest BCUT2D eigenvalue weighted by Gasteiger charge is -2.12. The van der Waals surface area contributed by atoms with Crippen molar-refractivity contribution >= 4 is 17.5 Å². The van der Waals surface area contributed by atoms with Crippen LogP contribution in [0.15, 0.2) is 35.6 Å². The maximum Gasteiger partial charge on any atom is 0.173 e. The molecule has 0 aliphatic heterocycles. The molecule has 118 valence electrons. The lowest BCUT2D eigenvalue weighted by Crippen LogP contribution is -2.10. The molecule has 0 bridgehead atoms. The minimum Gasteiger partial charge on any atom is -0.390 e. The molecule has 0 spiro atoms. The van der Waals surface area contributed by atoms with Crippen LogP contribution in [0.4, 0.5) is 0 Å². The van der Waals surface area contributed by atoms with E-state index in [2.05, 4.69) is 18.8 Å². The summed E-state index contributed by atoms with van der Waals surface area (Å²) in [6.07, 6.45) is 1.68. The van der Waals surface area contributed by atoms with Crippen molar-refractivity contribution in [3.8, 4) is 0 Å². The number of aryl methyl sites for hydroxylation is 1. The fourth-order valence-corrected chi connectivity index (χ4v) is 3.05. The van der Waals surface area contributed by atoms with E-state index >= 15 is 0 Å². The van der Waals surface area contributed by atoms with Crippen LogP contribution < -0.4 is 0 Å². The van der Waals surface area contributed by atoms with E-state index in [0.29, 0.717) is 11.7 Å². The van der Waals surface area contributed by atoms with Crippen LogP contribution in [-0.4, -0.2) is 26.2 Å². The zero-order valence-corrected chi connectivity index (χ0v) is 14.1. The van der Waals surface area contributed by atoms with Gasteiger partial charge in [0.05, 0.1) is 24.3 Å². The van der Waals surface area contributed by atoms with E-state index in [1.54, 1.807) is 6.20 Å². The maximum atomic E-state index is 12.2. The number of imidazole rings is 1. The lowest BCUT2D eigenvalue weighted by molar-refractivity contribution is 0.102. The molecule has 5 heteroatoms. The highest BCUT2D eigenvalue weighted by atomic mass is 32.2. The summed E-state index contributed by atoms with van der Waals surface area (Å²) < 4.78 is 2.00. The van der Waals surface area contributed by atoms with Crippen molar-refractivity contribution in [1.82, 2.24) is 9.55 Å². The standard InChI is InChI=1S/C17H22N2O2S/c1-12(2)9-19-15(10-20)8-18-17(19)22-11-16(21)14-6-4-13(3)5-7-14/h4-8,12,20H,9-11H2,1-3H3. The van der Waals surface area contributed by atoms with Crippen molar-refractivity contribution in [2.24, 2.45) is 5.92 Å². The van der Waals surface area contributed by atoms with Crippen LogP contribution in [0.5, 0.6) is 0 Å². The number of hydrogen-bond acceptors (Lipinski definition) is 4. The number of carbonyl (C=O) groups is 1. The summed E-state index contributed by atoms with van der Waals surface area (Å²) in [6, 6.07) is 7.61. The van der Waals surface area contributed by atoms with E-state index in [4.69, 9.17) is 0 Å². The second-order valence-electron chi connectivity index (χ2n) is 5.77. The molecular formula is C17H22N2O2S. The number of benzene rings is 1. The molecular weight excluding hydrogens is 296 g/mol. The summed E-state index contributed by atoms with van der Waals surface area (Å²) >= 11 is 1.42. The van der Waals surface area contributed by atoms with Gasteiger partial charge in [-0.05, 0) is 12.8 Å². The van der Waals surface area contributed by atoms with E-state index in [0.717, 1.165) is 28.5 Å². The Morgan fingerprint density at radius 3 is 2.59 bits per heavy atom. The smallest absolute Gasteiger partial charge is 0.173 e. The lowest BCUT2D eigenvalue weighted by atomic mass is 10.1. The number of aliphatic hydroxyl groups is 1. The summed E-state index contributed by atoms with van der Waals surface area (Å²) in [5, 5.41) is 10.2. The Balaban J connectivity index is 2.06. The SMILES string of the molecule is Cc1ccc(C(=O)CSc2ncc(CO)n2CC(C)C)cc1. The normalized spacial score (nSPS) is 11.1. The highest BCUT2D eigenvalue weighted by Gasteiger charge is 2.13. The van der Waals surface area contributed by atoms with E-state index < -0.39 is 0 Å². The van der Waals surface area contributed by atoms with E-state index in [-0.39, 0.29) is 12.4 Å². The number of nitrogens with zero attached hydrogens (tertiary/aromatic N) is 2. The van der Waals surface area contributed by atoms with Crippen molar-refractivity contribution in [2.75, 3.05) is 5.75 Å². The third kappa shape index (κ3) is 4.21. The number of ketones is 1. The highest BCUT2D eigenvalue weighted by molar-refractivity contribution is 7.99. The van der Waals surface area contributed by atoms with Gasteiger partial charge in [0, 0.05) is 12.1 Å². The number of Topliss-reactive ketones (excluding diaryl/α,β-unsaturated/α-hetero) is 1. The monoisotopic (exact) mass is 318 g/mol. The van der Waals surface area contributed by atoms with Gasteiger partial charge in [0.15, 0.2) is 10.9 Å². The number of aliphatic hydroxyl groups excluding tert-OH is 1. The number of aromatic nitrogens is 2. The maximum absolute atomic E-state index is 12.2. The van der Waals surface area contributed by atoms with Crippen LogP contribution in [-0.2, 0) is 13.2 Å². The zero-order valence-electron chi connectivity index (χ0n) is 13.2. The van der Waals surface area contributed by atoms with Crippen molar-refractivity contribution in [2.45, 2.75) is 39.1 Å². The Morgan fingerprint density at radius 1 is 1.32 bits per heavy atom. The molecule has 0 saturated heterocycles. The minimum atomic E-state index is -0.0355. The van der Waals surface area contributed by atoms with Gasteiger partial charge in [-0.1, -0.05) is 55.4 Å². The molecule has 0 aliphatic carbocycles. The van der Waals surface area contributed by atoms with Gasteiger partial charge in [0.1, 0.15) is 0 Å². The molecule has 1 aromatic carbocycles. The summed E-state index contributed by atoms with van der Waals surface area (Å²) in [7, 11) is 0. The molecule has 0 aliphatic rings. The number of carbonyl (C=O) groups excluding carboxylic acids is 1. The van der Waals surface area contributed by atoms with Gasteiger partial charge in [0.2, 0.25) is 0 Å². The fourth-order valence-electron chi connectivity index (χ4n) is 2.15. The molecule has 0 unspecified atom stereocenters. The molecule has 1 heterocycles. The number of hydrogen-bond donors (Lipinski definition) is 1. The Bertz CT molecular complexity index is 633. The Labute approximate surface area is 135 Å². The van der Waals surface area contributed by atoms with Crippen LogP contribution in [0.3, 0.4) is 0 Å². The second-order valence-corrected chi connectivity index (χ2v) is 6.72.